The highest BCUT2D eigenvalue weighted by Gasteiger charge is 2.67. The molecule has 0 N–H and O–H groups in total. The molecule has 1 aromatic heterocycles. The number of aryl methyl sites for hydroxylation is 1. The SMILES string of the molecule is Cc1ccc([N+](=O)[O-])cc1-c1ccc(C=NN2C(=O)C3C4C=CC(C5CC45)C3C2=O)o1. The molecule has 7 rings (SSSR count). The van der Waals surface area contributed by atoms with Crippen LogP contribution in [0.15, 0.2) is 52.0 Å². The van der Waals surface area contributed by atoms with Crippen molar-refractivity contribution in [2.45, 2.75) is 13.3 Å². The first-order valence-corrected chi connectivity index (χ1v) is 10.4. The van der Waals surface area contributed by atoms with E-state index in [4.69, 9.17) is 4.42 Å². The average Bonchev–Trinajstić information content (AvgIpc) is 3.40. The number of benzene rings is 1. The second kappa shape index (κ2) is 6.23. The second-order valence-electron chi connectivity index (χ2n) is 8.85. The summed E-state index contributed by atoms with van der Waals surface area (Å²) in [6, 6.07) is 7.93. The van der Waals surface area contributed by atoms with E-state index >= 15 is 0 Å². The van der Waals surface area contributed by atoms with Gasteiger partial charge in [0.05, 0.1) is 23.0 Å². The molecule has 2 aromatic rings. The maximum atomic E-state index is 13.0. The Labute approximate surface area is 177 Å². The number of rotatable bonds is 4. The summed E-state index contributed by atoms with van der Waals surface area (Å²) in [5.41, 5.74) is 1.42. The summed E-state index contributed by atoms with van der Waals surface area (Å²) in [6.45, 7) is 1.84. The fourth-order valence-corrected chi connectivity index (χ4v) is 5.73. The number of furan rings is 1. The largest absolute Gasteiger partial charge is 0.455 e. The minimum atomic E-state index is -0.454. The lowest BCUT2D eigenvalue weighted by Gasteiger charge is -2.37. The van der Waals surface area contributed by atoms with Gasteiger partial charge >= 0.3 is 0 Å². The van der Waals surface area contributed by atoms with Crippen LogP contribution in [-0.2, 0) is 9.59 Å². The van der Waals surface area contributed by atoms with Crippen molar-refractivity contribution in [3.05, 3.63) is 63.9 Å². The quantitative estimate of drug-likeness (QED) is 0.249. The Morgan fingerprint density at radius 2 is 1.77 bits per heavy atom. The zero-order valence-corrected chi connectivity index (χ0v) is 16.7. The van der Waals surface area contributed by atoms with Gasteiger partial charge in [0.2, 0.25) is 0 Å². The van der Waals surface area contributed by atoms with Gasteiger partial charge in [0.15, 0.2) is 0 Å². The van der Waals surface area contributed by atoms with Gasteiger partial charge < -0.3 is 4.42 Å². The molecule has 1 aliphatic heterocycles. The first-order valence-electron chi connectivity index (χ1n) is 10.4. The first-order chi connectivity index (χ1) is 14.9. The maximum Gasteiger partial charge on any atom is 0.270 e. The molecular formula is C23H19N3O5. The standard InChI is InChI=1S/C23H19N3O5/c1-11-2-3-12(26(29)30)8-16(11)19-7-4-13(31-19)10-24-25-22(27)20-14-5-6-15(18-9-17(14)18)21(20)23(25)28/h2-8,10,14-15,17-18,20-21H,9H2,1H3. The Morgan fingerprint density at radius 1 is 1.10 bits per heavy atom. The number of carbonyl (C=O) groups excluding carboxylic acids is 2. The Kier molecular flexibility index (Phi) is 3.66. The van der Waals surface area contributed by atoms with Crippen LogP contribution in [0.1, 0.15) is 17.7 Å². The molecule has 0 spiro atoms. The monoisotopic (exact) mass is 417 g/mol. The fourth-order valence-electron chi connectivity index (χ4n) is 5.73. The summed E-state index contributed by atoms with van der Waals surface area (Å²) in [6.07, 6.45) is 6.72. The van der Waals surface area contributed by atoms with Crippen LogP contribution in [0.3, 0.4) is 0 Å². The number of hydrogen-bond donors (Lipinski definition) is 0. The number of imide groups is 1. The molecule has 2 heterocycles. The number of allylic oxidation sites excluding steroid dienone is 2. The third-order valence-electron chi connectivity index (χ3n) is 7.26. The Bertz CT molecular complexity index is 1180. The third kappa shape index (κ3) is 2.57. The summed E-state index contributed by atoms with van der Waals surface area (Å²) in [4.78, 5) is 36.5. The summed E-state index contributed by atoms with van der Waals surface area (Å²) in [5, 5.41) is 16.3. The van der Waals surface area contributed by atoms with Gasteiger partial charge in [-0.05, 0) is 54.7 Å². The van der Waals surface area contributed by atoms with Crippen molar-refractivity contribution < 1.29 is 18.9 Å². The van der Waals surface area contributed by atoms with Gasteiger partial charge in [0.1, 0.15) is 11.5 Å². The normalized spacial score (nSPS) is 32.6. The molecule has 4 aliphatic carbocycles. The molecule has 3 fully saturated rings. The van der Waals surface area contributed by atoms with E-state index in [1.165, 1.54) is 18.3 Å². The zero-order chi connectivity index (χ0) is 21.4. The van der Waals surface area contributed by atoms with Crippen LogP contribution >= 0.6 is 0 Å². The fraction of sp³-hybridized carbons (Fsp3) is 0.348. The van der Waals surface area contributed by atoms with Crippen LogP contribution in [0.2, 0.25) is 0 Å². The molecular weight excluding hydrogens is 398 g/mol. The Balaban J connectivity index is 1.25. The van der Waals surface area contributed by atoms with Gasteiger partial charge in [-0.25, -0.2) is 0 Å². The van der Waals surface area contributed by atoms with E-state index in [2.05, 4.69) is 17.3 Å². The summed E-state index contributed by atoms with van der Waals surface area (Å²) < 4.78 is 5.78. The summed E-state index contributed by atoms with van der Waals surface area (Å²) in [7, 11) is 0. The van der Waals surface area contributed by atoms with E-state index in [9.17, 15) is 19.7 Å². The highest BCUT2D eigenvalue weighted by Crippen LogP contribution is 2.65. The van der Waals surface area contributed by atoms with Crippen molar-refractivity contribution >= 4 is 23.7 Å². The molecule has 1 aromatic carbocycles. The average molecular weight is 417 g/mol. The van der Waals surface area contributed by atoms with E-state index < -0.39 is 4.92 Å². The lowest BCUT2D eigenvalue weighted by atomic mass is 9.63. The molecule has 31 heavy (non-hydrogen) atoms. The van der Waals surface area contributed by atoms with Crippen LogP contribution in [-0.4, -0.2) is 28.0 Å². The van der Waals surface area contributed by atoms with Gasteiger partial charge in [-0.3, -0.25) is 19.7 Å². The minimum Gasteiger partial charge on any atom is -0.455 e. The molecule has 156 valence electrons. The van der Waals surface area contributed by atoms with Gasteiger partial charge in [0, 0.05) is 17.7 Å². The first kappa shape index (κ1) is 18.2. The van der Waals surface area contributed by atoms with Crippen LogP contribution in [0, 0.1) is 52.5 Å². The molecule has 8 nitrogen and oxygen atoms in total. The molecule has 6 unspecified atom stereocenters. The molecule has 1 saturated heterocycles. The van der Waals surface area contributed by atoms with Crippen molar-refractivity contribution in [2.75, 3.05) is 0 Å². The molecule has 2 amide bonds. The van der Waals surface area contributed by atoms with Crippen LogP contribution in [0.25, 0.3) is 11.3 Å². The molecule has 0 radical (unpaired) electrons. The molecule has 5 aliphatic rings. The van der Waals surface area contributed by atoms with E-state index in [0.717, 1.165) is 17.0 Å². The number of nitro groups is 1. The smallest absolute Gasteiger partial charge is 0.270 e. The van der Waals surface area contributed by atoms with Crippen molar-refractivity contribution in [2.24, 2.45) is 40.6 Å². The number of nitrogens with zero attached hydrogens (tertiary/aromatic N) is 3. The van der Waals surface area contributed by atoms with Crippen molar-refractivity contribution in [3.63, 3.8) is 0 Å². The topological polar surface area (TPSA) is 106 Å². The number of amides is 2. The van der Waals surface area contributed by atoms with E-state index in [1.807, 2.05) is 6.92 Å². The minimum absolute atomic E-state index is 0.0237. The summed E-state index contributed by atoms with van der Waals surface area (Å²) >= 11 is 0. The van der Waals surface area contributed by atoms with Gasteiger partial charge in [-0.2, -0.15) is 10.1 Å². The Morgan fingerprint density at radius 3 is 2.42 bits per heavy atom. The number of nitro benzene ring substituents is 1. The van der Waals surface area contributed by atoms with Gasteiger partial charge in [-0.15, -0.1) is 0 Å². The number of non-ortho nitro benzene ring substituents is 1. The molecule has 2 bridgehead atoms. The zero-order valence-electron chi connectivity index (χ0n) is 16.7. The summed E-state index contributed by atoms with van der Waals surface area (Å²) in [5.74, 6) is 1.19. The number of hydrogen-bond acceptors (Lipinski definition) is 6. The van der Waals surface area contributed by atoms with Gasteiger partial charge in [-0.1, -0.05) is 18.2 Å². The number of hydrazone groups is 1. The van der Waals surface area contributed by atoms with Crippen molar-refractivity contribution in [1.82, 2.24) is 5.01 Å². The van der Waals surface area contributed by atoms with Crippen LogP contribution in [0.5, 0.6) is 0 Å². The van der Waals surface area contributed by atoms with Gasteiger partial charge in [0.25, 0.3) is 17.5 Å². The predicted molar refractivity (Wildman–Crippen MR) is 110 cm³/mol. The lowest BCUT2D eigenvalue weighted by molar-refractivity contribution is -0.384. The predicted octanol–water partition coefficient (Wildman–Crippen LogP) is 3.55. The van der Waals surface area contributed by atoms with E-state index in [-0.39, 0.29) is 41.2 Å². The third-order valence-corrected chi connectivity index (χ3v) is 7.26. The Hall–Kier alpha value is -3.55. The molecule has 8 heteroatoms. The van der Waals surface area contributed by atoms with Crippen molar-refractivity contribution in [3.8, 4) is 11.3 Å². The second-order valence-corrected chi connectivity index (χ2v) is 8.85. The molecule has 6 atom stereocenters. The van der Waals surface area contributed by atoms with Crippen LogP contribution < -0.4 is 0 Å². The highest BCUT2D eigenvalue weighted by molar-refractivity contribution is 6.06. The lowest BCUT2D eigenvalue weighted by Crippen LogP contribution is -2.40. The highest BCUT2D eigenvalue weighted by atomic mass is 16.6. The number of carbonyl (C=O) groups is 2. The van der Waals surface area contributed by atoms with E-state index in [1.54, 1.807) is 18.2 Å². The van der Waals surface area contributed by atoms with E-state index in [0.29, 0.717) is 28.9 Å². The van der Waals surface area contributed by atoms with Crippen molar-refractivity contribution in [1.29, 1.82) is 0 Å². The maximum absolute atomic E-state index is 13.0. The molecule has 2 saturated carbocycles. The van der Waals surface area contributed by atoms with Crippen LogP contribution in [0.4, 0.5) is 5.69 Å².